The van der Waals surface area contributed by atoms with Gasteiger partial charge in [-0.25, -0.2) is 0 Å². The number of aliphatic hydroxyl groups excluding tert-OH is 2. The van der Waals surface area contributed by atoms with E-state index < -0.39 is 12.2 Å². The van der Waals surface area contributed by atoms with Gasteiger partial charge < -0.3 is 24.3 Å². The van der Waals surface area contributed by atoms with Gasteiger partial charge in [0.2, 0.25) is 5.91 Å². The van der Waals surface area contributed by atoms with E-state index >= 15 is 0 Å². The van der Waals surface area contributed by atoms with Crippen molar-refractivity contribution in [3.63, 3.8) is 0 Å². The Labute approximate surface area is 135 Å². The van der Waals surface area contributed by atoms with Crippen LogP contribution in [0.5, 0.6) is 0 Å². The average Bonchev–Trinajstić information content (AvgIpc) is 3.09. The molecule has 1 aromatic rings. The van der Waals surface area contributed by atoms with Crippen molar-refractivity contribution in [1.82, 2.24) is 9.80 Å². The topological polar surface area (TPSA) is 86.4 Å². The monoisotopic (exact) mass is 324 g/mol. The summed E-state index contributed by atoms with van der Waals surface area (Å²) in [5, 5.41) is 19.8. The lowest BCUT2D eigenvalue weighted by atomic mass is 10.0. The number of piperazine rings is 1. The number of hydrogen-bond acceptors (Lipinski definition) is 6. The third-order valence-corrected chi connectivity index (χ3v) is 4.67. The third kappa shape index (κ3) is 3.92. The number of nitrogens with zero attached hydrogens (tertiary/aromatic N) is 2. The molecular formula is C16H24N2O5. The molecular weight excluding hydrogens is 300 g/mol. The van der Waals surface area contributed by atoms with Gasteiger partial charge in [-0.15, -0.1) is 0 Å². The van der Waals surface area contributed by atoms with Crippen LogP contribution in [-0.2, 0) is 16.0 Å². The highest BCUT2D eigenvalue weighted by atomic mass is 16.5. The fraction of sp³-hybridized carbons (Fsp3) is 0.688. The van der Waals surface area contributed by atoms with Crippen LogP contribution in [0.25, 0.3) is 0 Å². The van der Waals surface area contributed by atoms with Gasteiger partial charge in [0.1, 0.15) is 11.9 Å². The molecule has 1 amide bonds. The quantitative estimate of drug-likeness (QED) is 0.775. The predicted octanol–water partition coefficient (Wildman–Crippen LogP) is -0.523. The minimum Gasteiger partial charge on any atom is -0.469 e. The molecule has 2 saturated heterocycles. The first kappa shape index (κ1) is 16.4. The number of amides is 1. The Morgan fingerprint density at radius 2 is 2.00 bits per heavy atom. The molecule has 2 aliphatic heterocycles. The standard InChI is InChI=1S/C16H24N2O5/c19-14-11-22-10-13(16(14)21)17-5-7-18(8-6-17)15(20)4-3-12-2-1-9-23-12/h1-2,9,13-14,16,19,21H,3-8,10-11H2/t13-,14-,16+/m1/s1. The number of carbonyl (C=O) groups is 1. The first-order chi connectivity index (χ1) is 11.1. The molecule has 0 saturated carbocycles. The number of carbonyl (C=O) groups excluding carboxylic acids is 1. The molecule has 0 aromatic carbocycles. The van der Waals surface area contributed by atoms with E-state index in [-0.39, 0.29) is 18.6 Å². The van der Waals surface area contributed by atoms with Gasteiger partial charge in [-0.2, -0.15) is 0 Å². The summed E-state index contributed by atoms with van der Waals surface area (Å²) in [5.74, 6) is 0.954. The number of ether oxygens (including phenoxy) is 1. The zero-order valence-electron chi connectivity index (χ0n) is 13.1. The Kier molecular flexibility index (Phi) is 5.32. The Bertz CT molecular complexity index is 499. The molecule has 0 aliphatic carbocycles. The smallest absolute Gasteiger partial charge is 0.223 e. The molecule has 3 heterocycles. The summed E-state index contributed by atoms with van der Waals surface area (Å²) in [6.45, 7) is 3.24. The van der Waals surface area contributed by atoms with Gasteiger partial charge in [0.25, 0.3) is 0 Å². The fourth-order valence-corrected chi connectivity index (χ4v) is 3.23. The molecule has 7 nitrogen and oxygen atoms in total. The Hall–Kier alpha value is -1.41. The van der Waals surface area contributed by atoms with E-state index in [0.717, 1.165) is 5.76 Å². The molecule has 2 aliphatic rings. The molecule has 0 radical (unpaired) electrons. The summed E-state index contributed by atoms with van der Waals surface area (Å²) in [6, 6.07) is 3.50. The van der Waals surface area contributed by atoms with Crippen LogP contribution in [0, 0.1) is 0 Å². The number of rotatable bonds is 4. The van der Waals surface area contributed by atoms with Crippen LogP contribution in [0.3, 0.4) is 0 Å². The maximum Gasteiger partial charge on any atom is 0.223 e. The number of furan rings is 1. The van der Waals surface area contributed by atoms with Crippen LogP contribution in [0.4, 0.5) is 0 Å². The summed E-state index contributed by atoms with van der Waals surface area (Å²) >= 11 is 0. The highest BCUT2D eigenvalue weighted by Gasteiger charge is 2.36. The van der Waals surface area contributed by atoms with Crippen LogP contribution >= 0.6 is 0 Å². The van der Waals surface area contributed by atoms with E-state index in [4.69, 9.17) is 9.15 Å². The second-order valence-electron chi connectivity index (χ2n) is 6.16. The molecule has 1 aromatic heterocycles. The third-order valence-electron chi connectivity index (χ3n) is 4.67. The van der Waals surface area contributed by atoms with Crippen LogP contribution in [0.2, 0.25) is 0 Å². The normalized spacial score (nSPS) is 29.7. The minimum atomic E-state index is -0.832. The van der Waals surface area contributed by atoms with Crippen molar-refractivity contribution in [1.29, 1.82) is 0 Å². The van der Waals surface area contributed by atoms with Gasteiger partial charge in [-0.3, -0.25) is 9.69 Å². The maximum absolute atomic E-state index is 12.2. The van der Waals surface area contributed by atoms with Crippen molar-refractivity contribution in [2.45, 2.75) is 31.1 Å². The van der Waals surface area contributed by atoms with Crippen LogP contribution in [-0.4, -0.2) is 83.6 Å². The van der Waals surface area contributed by atoms with E-state index in [1.165, 1.54) is 0 Å². The zero-order chi connectivity index (χ0) is 16.2. The van der Waals surface area contributed by atoms with E-state index in [9.17, 15) is 15.0 Å². The SMILES string of the molecule is O=C(CCc1ccco1)N1CCN([C@@H]2COC[C@@H](O)[C@H]2O)CC1. The number of aliphatic hydroxyl groups is 2. The van der Waals surface area contributed by atoms with Gasteiger partial charge in [-0.1, -0.05) is 0 Å². The lowest BCUT2D eigenvalue weighted by molar-refractivity contribution is -0.144. The molecule has 128 valence electrons. The van der Waals surface area contributed by atoms with Crippen molar-refractivity contribution in [3.05, 3.63) is 24.2 Å². The Balaban J connectivity index is 1.45. The molecule has 7 heteroatoms. The molecule has 0 unspecified atom stereocenters. The van der Waals surface area contributed by atoms with Crippen LogP contribution < -0.4 is 0 Å². The van der Waals surface area contributed by atoms with Gasteiger partial charge in [-0.05, 0) is 12.1 Å². The van der Waals surface area contributed by atoms with Crippen molar-refractivity contribution in [3.8, 4) is 0 Å². The summed E-state index contributed by atoms with van der Waals surface area (Å²) in [7, 11) is 0. The van der Waals surface area contributed by atoms with Crippen molar-refractivity contribution < 1.29 is 24.2 Å². The zero-order valence-corrected chi connectivity index (χ0v) is 13.1. The van der Waals surface area contributed by atoms with Crippen molar-refractivity contribution in [2.75, 3.05) is 39.4 Å². The minimum absolute atomic E-state index is 0.126. The lowest BCUT2D eigenvalue weighted by Crippen LogP contribution is -2.60. The van der Waals surface area contributed by atoms with Gasteiger partial charge in [0, 0.05) is 39.0 Å². The second-order valence-corrected chi connectivity index (χ2v) is 6.16. The predicted molar refractivity (Wildman–Crippen MR) is 81.8 cm³/mol. The van der Waals surface area contributed by atoms with Crippen molar-refractivity contribution in [2.24, 2.45) is 0 Å². The van der Waals surface area contributed by atoms with Crippen LogP contribution in [0.15, 0.2) is 22.8 Å². The molecule has 3 rings (SSSR count). The summed E-state index contributed by atoms with van der Waals surface area (Å²) < 4.78 is 10.6. The van der Waals surface area contributed by atoms with Gasteiger partial charge in [0.15, 0.2) is 0 Å². The number of aryl methyl sites for hydroxylation is 1. The molecule has 3 atom stereocenters. The van der Waals surface area contributed by atoms with Gasteiger partial charge >= 0.3 is 0 Å². The lowest BCUT2D eigenvalue weighted by Gasteiger charge is -2.43. The van der Waals surface area contributed by atoms with E-state index in [1.54, 1.807) is 6.26 Å². The second kappa shape index (κ2) is 7.44. The summed E-state index contributed by atoms with van der Waals surface area (Å²) in [5.41, 5.74) is 0. The average molecular weight is 324 g/mol. The summed E-state index contributed by atoms with van der Waals surface area (Å²) in [4.78, 5) is 16.2. The largest absolute Gasteiger partial charge is 0.469 e. The molecule has 2 fully saturated rings. The highest BCUT2D eigenvalue weighted by molar-refractivity contribution is 5.76. The fourth-order valence-electron chi connectivity index (χ4n) is 3.23. The van der Waals surface area contributed by atoms with Crippen LogP contribution in [0.1, 0.15) is 12.2 Å². The van der Waals surface area contributed by atoms with E-state index in [2.05, 4.69) is 4.90 Å². The number of hydrogen-bond donors (Lipinski definition) is 2. The maximum atomic E-state index is 12.2. The first-order valence-electron chi connectivity index (χ1n) is 8.13. The first-order valence-corrected chi connectivity index (χ1v) is 8.13. The molecule has 0 spiro atoms. The summed E-state index contributed by atoms with van der Waals surface area (Å²) in [6.07, 6.45) is 1.06. The molecule has 23 heavy (non-hydrogen) atoms. The van der Waals surface area contributed by atoms with Crippen molar-refractivity contribution >= 4 is 5.91 Å². The van der Waals surface area contributed by atoms with E-state index in [0.29, 0.717) is 45.6 Å². The van der Waals surface area contributed by atoms with E-state index in [1.807, 2.05) is 17.0 Å². The Morgan fingerprint density at radius 1 is 1.22 bits per heavy atom. The Morgan fingerprint density at radius 3 is 2.70 bits per heavy atom. The van der Waals surface area contributed by atoms with Gasteiger partial charge in [0.05, 0.1) is 31.6 Å². The molecule has 0 bridgehead atoms. The highest BCUT2D eigenvalue weighted by Crippen LogP contribution is 2.17. The molecule has 2 N–H and O–H groups in total.